The number of hydrogen-bond donors (Lipinski definition) is 2. The molecule has 0 saturated heterocycles. The van der Waals surface area contributed by atoms with Gasteiger partial charge in [0.1, 0.15) is 5.82 Å². The molecule has 0 unspecified atom stereocenters. The zero-order chi connectivity index (χ0) is 23.3. The lowest BCUT2D eigenvalue weighted by molar-refractivity contribution is -0.115. The smallest absolute Gasteiger partial charge is 0.254 e. The van der Waals surface area contributed by atoms with Crippen LogP contribution < -0.4 is 10.6 Å². The average molecular weight is 475 g/mol. The normalized spacial score (nSPS) is 12.8. The van der Waals surface area contributed by atoms with Gasteiger partial charge in [-0.15, -0.1) is 28.1 Å². The van der Waals surface area contributed by atoms with Crippen molar-refractivity contribution in [3.63, 3.8) is 0 Å². The molecule has 0 bridgehead atoms. The highest BCUT2D eigenvalue weighted by Gasteiger charge is 2.24. The van der Waals surface area contributed by atoms with E-state index in [0.29, 0.717) is 22.7 Å². The number of thioether (sulfide) groups is 1. The van der Waals surface area contributed by atoms with E-state index in [0.717, 1.165) is 5.69 Å². The van der Waals surface area contributed by atoms with Gasteiger partial charge >= 0.3 is 0 Å². The third-order valence-corrected chi connectivity index (χ3v) is 6.37. The molecule has 32 heavy (non-hydrogen) atoms. The Morgan fingerprint density at radius 2 is 2.06 bits per heavy atom. The van der Waals surface area contributed by atoms with Gasteiger partial charge in [0.2, 0.25) is 5.91 Å². The third kappa shape index (κ3) is 5.60. The monoisotopic (exact) mass is 474 g/mol. The van der Waals surface area contributed by atoms with Gasteiger partial charge in [0.05, 0.1) is 22.5 Å². The summed E-state index contributed by atoms with van der Waals surface area (Å²) in [5, 5.41) is 16.4. The van der Waals surface area contributed by atoms with Crippen molar-refractivity contribution in [3.8, 4) is 0 Å². The van der Waals surface area contributed by atoms with E-state index in [9.17, 15) is 14.0 Å². The van der Waals surface area contributed by atoms with Crippen molar-refractivity contribution in [3.05, 3.63) is 65.2 Å². The highest BCUT2D eigenvalue weighted by atomic mass is 32.2. The van der Waals surface area contributed by atoms with Gasteiger partial charge in [-0.25, -0.2) is 9.37 Å². The predicted octanol–water partition coefficient (Wildman–Crippen LogP) is 3.98. The van der Waals surface area contributed by atoms with Crippen LogP contribution in [0.4, 0.5) is 9.52 Å². The average Bonchev–Trinajstić information content (AvgIpc) is 3.34. The molecule has 0 aliphatic heterocycles. The van der Waals surface area contributed by atoms with Crippen LogP contribution in [0, 0.1) is 12.7 Å². The Labute approximate surface area is 193 Å². The maximum absolute atomic E-state index is 13.9. The maximum atomic E-state index is 13.9. The lowest BCUT2D eigenvalue weighted by Gasteiger charge is -2.16. The van der Waals surface area contributed by atoms with Crippen molar-refractivity contribution in [1.82, 2.24) is 25.1 Å². The molecule has 3 aromatic rings. The Hall–Kier alpha value is -3.05. The number of nitrogens with one attached hydrogen (secondary N) is 2. The molecule has 2 aromatic heterocycles. The maximum Gasteiger partial charge on any atom is 0.254 e. The first kappa shape index (κ1) is 23.6. The second kappa shape index (κ2) is 10.5. The Bertz CT molecular complexity index is 1130. The summed E-state index contributed by atoms with van der Waals surface area (Å²) in [5.74, 6) is -0.888. The molecule has 1 aromatic carbocycles. The number of amides is 2. The van der Waals surface area contributed by atoms with Crippen molar-refractivity contribution < 1.29 is 14.0 Å². The first-order valence-electron chi connectivity index (χ1n) is 9.79. The topological polar surface area (TPSA) is 102 Å². The van der Waals surface area contributed by atoms with Crippen molar-refractivity contribution in [2.75, 3.05) is 5.32 Å². The number of thiazole rings is 1. The molecule has 0 aliphatic carbocycles. The minimum Gasteiger partial charge on any atom is -0.342 e. The van der Waals surface area contributed by atoms with Gasteiger partial charge in [0, 0.05) is 11.9 Å². The summed E-state index contributed by atoms with van der Waals surface area (Å²) in [6, 6.07) is 5.21. The Morgan fingerprint density at radius 1 is 1.31 bits per heavy atom. The number of aromatic nitrogens is 4. The predicted molar refractivity (Wildman–Crippen MR) is 123 cm³/mol. The van der Waals surface area contributed by atoms with E-state index in [1.165, 1.54) is 41.3 Å². The van der Waals surface area contributed by atoms with E-state index in [2.05, 4.69) is 32.4 Å². The van der Waals surface area contributed by atoms with Gasteiger partial charge in [-0.1, -0.05) is 30.0 Å². The number of anilines is 1. The minimum atomic E-state index is -0.601. The van der Waals surface area contributed by atoms with Gasteiger partial charge in [-0.05, 0) is 32.9 Å². The Kier molecular flexibility index (Phi) is 7.75. The molecule has 3 rings (SSSR count). The fourth-order valence-electron chi connectivity index (χ4n) is 2.82. The summed E-state index contributed by atoms with van der Waals surface area (Å²) < 4.78 is 15.7. The molecular weight excluding hydrogens is 451 g/mol. The van der Waals surface area contributed by atoms with E-state index < -0.39 is 23.0 Å². The molecule has 2 amide bonds. The molecule has 11 heteroatoms. The molecule has 0 aliphatic rings. The number of carbonyl (C=O) groups excluding carboxylic acids is 2. The van der Waals surface area contributed by atoms with Crippen molar-refractivity contribution in [2.24, 2.45) is 0 Å². The molecule has 168 valence electrons. The SMILES string of the molecule is C=CCn1c(S[C@H](C)C(=O)Nc2nc(C)cs2)nnc1[C@H](C)NC(=O)c1ccccc1F. The third-order valence-electron chi connectivity index (χ3n) is 4.41. The molecule has 0 spiro atoms. The summed E-state index contributed by atoms with van der Waals surface area (Å²) in [6.07, 6.45) is 1.67. The van der Waals surface area contributed by atoms with Crippen molar-refractivity contribution in [2.45, 2.75) is 43.8 Å². The van der Waals surface area contributed by atoms with Crippen molar-refractivity contribution >= 4 is 40.0 Å². The summed E-state index contributed by atoms with van der Waals surface area (Å²) >= 11 is 2.59. The fraction of sp³-hybridized carbons (Fsp3) is 0.286. The highest BCUT2D eigenvalue weighted by molar-refractivity contribution is 8.00. The van der Waals surface area contributed by atoms with Crippen LogP contribution in [0.5, 0.6) is 0 Å². The molecule has 8 nitrogen and oxygen atoms in total. The van der Waals surface area contributed by atoms with E-state index >= 15 is 0 Å². The lowest BCUT2D eigenvalue weighted by Crippen LogP contribution is -2.29. The molecule has 2 N–H and O–H groups in total. The number of aryl methyl sites for hydroxylation is 1. The lowest BCUT2D eigenvalue weighted by atomic mass is 10.2. The largest absolute Gasteiger partial charge is 0.342 e. The molecule has 2 atom stereocenters. The molecule has 0 radical (unpaired) electrons. The zero-order valence-electron chi connectivity index (χ0n) is 17.8. The molecule has 0 fully saturated rings. The number of rotatable bonds is 9. The van der Waals surface area contributed by atoms with Gasteiger partial charge in [0.25, 0.3) is 5.91 Å². The zero-order valence-corrected chi connectivity index (χ0v) is 19.5. The summed E-state index contributed by atoms with van der Waals surface area (Å²) in [5.41, 5.74) is 0.791. The van der Waals surface area contributed by atoms with Gasteiger partial charge < -0.3 is 15.2 Å². The Morgan fingerprint density at radius 3 is 2.72 bits per heavy atom. The van der Waals surface area contributed by atoms with Crippen LogP contribution in [-0.4, -0.2) is 36.8 Å². The number of nitrogens with zero attached hydrogens (tertiary/aromatic N) is 4. The van der Waals surface area contributed by atoms with E-state index in [4.69, 9.17) is 0 Å². The summed E-state index contributed by atoms with van der Waals surface area (Å²) in [7, 11) is 0. The van der Waals surface area contributed by atoms with E-state index in [1.807, 2.05) is 12.3 Å². The molecule has 0 saturated carbocycles. The van der Waals surface area contributed by atoms with Crippen molar-refractivity contribution in [1.29, 1.82) is 0 Å². The van der Waals surface area contributed by atoms with Crippen LogP contribution in [0.1, 0.15) is 41.8 Å². The quantitative estimate of drug-likeness (QED) is 0.359. The Balaban J connectivity index is 1.72. The second-order valence-corrected chi connectivity index (χ2v) is 9.12. The van der Waals surface area contributed by atoms with Crippen LogP contribution >= 0.6 is 23.1 Å². The number of carbonyl (C=O) groups is 2. The number of halogens is 1. The van der Waals surface area contributed by atoms with Crippen LogP contribution in [0.15, 0.2) is 47.5 Å². The van der Waals surface area contributed by atoms with Crippen LogP contribution in [0.25, 0.3) is 0 Å². The minimum absolute atomic E-state index is 0.0496. The van der Waals surface area contributed by atoms with Gasteiger partial charge in [-0.3, -0.25) is 9.59 Å². The first-order valence-corrected chi connectivity index (χ1v) is 11.5. The highest BCUT2D eigenvalue weighted by Crippen LogP contribution is 2.26. The fourth-order valence-corrected chi connectivity index (χ4v) is 4.38. The van der Waals surface area contributed by atoms with Crippen LogP contribution in [0.3, 0.4) is 0 Å². The molecular formula is C21H23FN6O2S2. The second-order valence-electron chi connectivity index (χ2n) is 6.96. The molecule has 2 heterocycles. The van der Waals surface area contributed by atoms with E-state index in [-0.39, 0.29) is 11.5 Å². The van der Waals surface area contributed by atoms with Crippen LogP contribution in [-0.2, 0) is 11.3 Å². The summed E-state index contributed by atoms with van der Waals surface area (Å²) in [6.45, 7) is 9.49. The summed E-state index contributed by atoms with van der Waals surface area (Å²) in [4.78, 5) is 29.2. The number of hydrogen-bond acceptors (Lipinski definition) is 7. The first-order chi connectivity index (χ1) is 15.3. The van der Waals surface area contributed by atoms with E-state index in [1.54, 1.807) is 30.6 Å². The van der Waals surface area contributed by atoms with Gasteiger partial charge in [-0.2, -0.15) is 0 Å². The van der Waals surface area contributed by atoms with Gasteiger partial charge in [0.15, 0.2) is 16.1 Å². The number of allylic oxidation sites excluding steroid dienone is 1. The van der Waals surface area contributed by atoms with Crippen LogP contribution in [0.2, 0.25) is 0 Å². The number of benzene rings is 1. The standard InChI is InChI=1S/C21H23FN6O2S2/c1-5-10-28-17(13(3)24-19(30)15-8-6-7-9-16(15)22)26-27-21(28)32-14(4)18(29)25-20-23-12(2)11-31-20/h5-9,11,13-14H,1,10H2,2-4H3,(H,24,30)(H,23,25,29)/t13-,14+/m0/s1.